The molecule has 0 unspecified atom stereocenters. The fourth-order valence-corrected chi connectivity index (χ4v) is 2.98. The van der Waals surface area contributed by atoms with Gasteiger partial charge in [-0.15, -0.1) is 0 Å². The fourth-order valence-electron chi connectivity index (χ4n) is 1.69. The summed E-state index contributed by atoms with van der Waals surface area (Å²) in [6.45, 7) is 0. The van der Waals surface area contributed by atoms with Crippen molar-refractivity contribution in [1.82, 2.24) is 9.36 Å². The number of hydrogen-bond acceptors (Lipinski definition) is 5. The number of aromatic amines is 1. The third-order valence-corrected chi connectivity index (χ3v) is 4.04. The van der Waals surface area contributed by atoms with Gasteiger partial charge in [-0.25, -0.2) is 0 Å². The first-order chi connectivity index (χ1) is 8.88. The van der Waals surface area contributed by atoms with Crippen molar-refractivity contribution in [1.29, 1.82) is 5.26 Å². The number of H-pyrrole nitrogens is 1. The van der Waals surface area contributed by atoms with Crippen LogP contribution in [0, 0.1) is 11.3 Å². The summed E-state index contributed by atoms with van der Waals surface area (Å²) in [5.74, 6) is 0. The van der Waals surface area contributed by atoms with Gasteiger partial charge < -0.3 is 9.71 Å². The van der Waals surface area contributed by atoms with Gasteiger partial charge in [-0.05, 0) is 29.5 Å². The summed E-state index contributed by atoms with van der Waals surface area (Å²) < 4.78 is 7.31. The van der Waals surface area contributed by atoms with Gasteiger partial charge in [0.25, 0.3) is 0 Å². The van der Waals surface area contributed by atoms with E-state index in [0.29, 0.717) is 5.56 Å². The molecule has 1 aromatic carbocycles. The summed E-state index contributed by atoms with van der Waals surface area (Å²) in [5.41, 5.74) is 2.57. The normalized spacial score (nSPS) is 10.4. The molecule has 0 bridgehead atoms. The lowest BCUT2D eigenvalue weighted by atomic mass is 10.2. The molecule has 6 heteroatoms. The summed E-state index contributed by atoms with van der Waals surface area (Å²) in [7, 11) is 0. The Bertz CT molecular complexity index is 709. The van der Waals surface area contributed by atoms with Crippen molar-refractivity contribution < 1.29 is 0 Å². The Hall–Kier alpha value is -1.97. The molecule has 2 N–H and O–H groups in total. The summed E-state index contributed by atoms with van der Waals surface area (Å²) in [5, 5.41) is 11.9. The van der Waals surface area contributed by atoms with E-state index in [-0.39, 0.29) is 0 Å². The number of anilines is 1. The molecule has 0 aliphatic carbocycles. The second-order valence-electron chi connectivity index (χ2n) is 3.61. The molecule has 88 valence electrons. The van der Waals surface area contributed by atoms with Crippen LogP contribution in [-0.2, 0) is 0 Å². The van der Waals surface area contributed by atoms with Gasteiger partial charge in [0.15, 0.2) is 0 Å². The van der Waals surface area contributed by atoms with E-state index in [0.717, 1.165) is 21.5 Å². The van der Waals surface area contributed by atoms with Crippen LogP contribution >= 0.6 is 23.5 Å². The molecule has 18 heavy (non-hydrogen) atoms. The molecule has 0 fully saturated rings. The third kappa shape index (κ3) is 1.94. The van der Waals surface area contributed by atoms with Gasteiger partial charge in [-0.1, -0.05) is 12.1 Å². The maximum absolute atomic E-state index is 8.99. The first-order valence-electron chi connectivity index (χ1n) is 5.21. The predicted molar refractivity (Wildman–Crippen MR) is 74.6 cm³/mol. The van der Waals surface area contributed by atoms with Gasteiger partial charge >= 0.3 is 0 Å². The Kier molecular flexibility index (Phi) is 2.92. The van der Waals surface area contributed by atoms with E-state index >= 15 is 0 Å². The molecule has 3 rings (SSSR count). The van der Waals surface area contributed by atoms with Crippen LogP contribution in [0.4, 0.5) is 5.69 Å². The van der Waals surface area contributed by atoms with Gasteiger partial charge in [0.05, 0.1) is 27.9 Å². The van der Waals surface area contributed by atoms with Crippen molar-refractivity contribution in [2.75, 3.05) is 4.72 Å². The number of nitrogens with one attached hydrogen (secondary N) is 2. The van der Waals surface area contributed by atoms with Crippen LogP contribution in [0.5, 0.6) is 0 Å². The second-order valence-corrected chi connectivity index (χ2v) is 5.14. The van der Waals surface area contributed by atoms with Gasteiger partial charge in [0, 0.05) is 17.0 Å². The van der Waals surface area contributed by atoms with Crippen LogP contribution in [-0.4, -0.2) is 9.36 Å². The van der Waals surface area contributed by atoms with Crippen molar-refractivity contribution in [3.63, 3.8) is 0 Å². The fraction of sp³-hybridized carbons (Fsp3) is 0. The highest BCUT2D eigenvalue weighted by molar-refractivity contribution is 8.00. The van der Waals surface area contributed by atoms with Crippen LogP contribution in [0.25, 0.3) is 10.9 Å². The molecule has 0 spiro atoms. The number of nitrogens with zero attached hydrogens (tertiary/aromatic N) is 2. The van der Waals surface area contributed by atoms with Crippen molar-refractivity contribution in [2.45, 2.75) is 4.90 Å². The topological polar surface area (TPSA) is 64.5 Å². The molecular formula is C12H8N4S2. The van der Waals surface area contributed by atoms with Gasteiger partial charge in [0.2, 0.25) is 0 Å². The lowest BCUT2D eigenvalue weighted by Gasteiger charge is -2.04. The Morgan fingerprint density at radius 3 is 3.17 bits per heavy atom. The SMILES string of the molecule is N#Cc1c[nH]c2c(NSc3cnsc3)cccc12. The molecule has 0 saturated heterocycles. The largest absolute Gasteiger partial charge is 0.358 e. The predicted octanol–water partition coefficient (Wildman–Crippen LogP) is 3.62. The van der Waals surface area contributed by atoms with E-state index in [1.54, 1.807) is 6.20 Å². The van der Waals surface area contributed by atoms with E-state index < -0.39 is 0 Å². The molecular weight excluding hydrogens is 264 g/mol. The van der Waals surface area contributed by atoms with Crippen LogP contribution in [0.15, 0.2) is 40.9 Å². The molecule has 2 aromatic heterocycles. The standard InChI is InChI=1S/C12H8N4S2/c13-4-8-5-14-12-10(8)2-1-3-11(12)16-18-9-6-15-17-7-9/h1-3,5-7,14,16H. The lowest BCUT2D eigenvalue weighted by molar-refractivity contribution is 1.44. The molecule has 0 radical (unpaired) electrons. The van der Waals surface area contributed by atoms with Crippen LogP contribution in [0.3, 0.4) is 0 Å². The van der Waals surface area contributed by atoms with Crippen molar-refractivity contribution in [3.05, 3.63) is 41.5 Å². The van der Waals surface area contributed by atoms with E-state index in [1.165, 1.54) is 23.5 Å². The minimum Gasteiger partial charge on any atom is -0.358 e. The zero-order valence-corrected chi connectivity index (χ0v) is 10.8. The van der Waals surface area contributed by atoms with Crippen molar-refractivity contribution >= 4 is 40.1 Å². The minimum absolute atomic E-state index is 0.663. The zero-order valence-electron chi connectivity index (χ0n) is 9.18. The molecule has 4 nitrogen and oxygen atoms in total. The monoisotopic (exact) mass is 272 g/mol. The smallest absolute Gasteiger partial charge is 0.101 e. The molecule has 2 heterocycles. The highest BCUT2D eigenvalue weighted by atomic mass is 32.2. The number of hydrogen-bond donors (Lipinski definition) is 2. The Morgan fingerprint density at radius 1 is 1.44 bits per heavy atom. The average molecular weight is 272 g/mol. The number of benzene rings is 1. The molecule has 3 aromatic rings. The zero-order chi connectivity index (χ0) is 12.4. The first kappa shape index (κ1) is 11.1. The Labute approximate surface area is 112 Å². The number of fused-ring (bicyclic) bond motifs is 1. The summed E-state index contributed by atoms with van der Waals surface area (Å²) in [6, 6.07) is 8.02. The number of rotatable bonds is 3. The van der Waals surface area contributed by atoms with Gasteiger partial charge in [0.1, 0.15) is 6.07 Å². The first-order valence-corrected chi connectivity index (χ1v) is 6.86. The van der Waals surface area contributed by atoms with Crippen LogP contribution < -0.4 is 4.72 Å². The molecule has 0 aliphatic rings. The van der Waals surface area contributed by atoms with E-state index in [1.807, 2.05) is 29.8 Å². The average Bonchev–Trinajstić information content (AvgIpc) is 3.05. The summed E-state index contributed by atoms with van der Waals surface area (Å²) in [4.78, 5) is 4.20. The van der Waals surface area contributed by atoms with Crippen molar-refractivity contribution in [2.24, 2.45) is 0 Å². The lowest BCUT2D eigenvalue weighted by Crippen LogP contribution is -1.87. The minimum atomic E-state index is 0.663. The maximum atomic E-state index is 8.99. The second kappa shape index (κ2) is 4.72. The number of nitriles is 1. The molecule has 0 atom stereocenters. The summed E-state index contributed by atoms with van der Waals surface area (Å²) in [6.07, 6.45) is 3.55. The quantitative estimate of drug-likeness (QED) is 0.715. The molecule has 0 saturated carbocycles. The van der Waals surface area contributed by atoms with Crippen LogP contribution in [0.2, 0.25) is 0 Å². The highest BCUT2D eigenvalue weighted by Crippen LogP contribution is 2.29. The Morgan fingerprint density at radius 2 is 2.39 bits per heavy atom. The highest BCUT2D eigenvalue weighted by Gasteiger charge is 2.07. The molecule has 0 amide bonds. The maximum Gasteiger partial charge on any atom is 0.101 e. The van der Waals surface area contributed by atoms with E-state index in [4.69, 9.17) is 5.26 Å². The molecule has 0 aliphatic heterocycles. The number of para-hydroxylation sites is 1. The Balaban J connectivity index is 1.93. The number of aromatic nitrogens is 2. The summed E-state index contributed by atoms with van der Waals surface area (Å²) >= 11 is 2.93. The third-order valence-electron chi connectivity index (χ3n) is 2.52. The van der Waals surface area contributed by atoms with E-state index in [2.05, 4.69) is 20.1 Å². The van der Waals surface area contributed by atoms with Gasteiger partial charge in [-0.2, -0.15) is 9.64 Å². The van der Waals surface area contributed by atoms with Crippen LogP contribution in [0.1, 0.15) is 5.56 Å². The van der Waals surface area contributed by atoms with E-state index in [9.17, 15) is 0 Å². The van der Waals surface area contributed by atoms with Crippen molar-refractivity contribution in [3.8, 4) is 6.07 Å². The van der Waals surface area contributed by atoms with Gasteiger partial charge in [-0.3, -0.25) is 0 Å².